The van der Waals surface area contributed by atoms with Crippen molar-refractivity contribution in [2.24, 2.45) is 4.99 Å². The topological polar surface area (TPSA) is 40.5 Å². The molecule has 5 heteroatoms. The van der Waals surface area contributed by atoms with E-state index < -0.39 is 0 Å². The summed E-state index contributed by atoms with van der Waals surface area (Å²) in [7, 11) is 4.11. The number of thiazole rings is 1. The fraction of sp³-hybridized carbons (Fsp3) is 0.375. The minimum Gasteiger partial charge on any atom is -0.347 e. The first-order chi connectivity index (χ1) is 10.2. The molecule has 0 unspecified atom stereocenters. The number of hydrogen-bond acceptors (Lipinski definition) is 4. The molecule has 0 amide bonds. The van der Waals surface area contributed by atoms with Crippen molar-refractivity contribution in [1.82, 2.24) is 9.88 Å². The Bertz CT molecular complexity index is 572. The van der Waals surface area contributed by atoms with Crippen molar-refractivity contribution in [1.29, 1.82) is 0 Å². The Kier molecular flexibility index (Phi) is 5.90. The number of aliphatic imine (C=N–C) groups is 1. The minimum atomic E-state index is 0.860. The van der Waals surface area contributed by atoms with E-state index in [1.807, 2.05) is 0 Å². The van der Waals surface area contributed by atoms with E-state index in [0.29, 0.717) is 0 Å². The van der Waals surface area contributed by atoms with Crippen molar-refractivity contribution < 1.29 is 0 Å². The van der Waals surface area contributed by atoms with Gasteiger partial charge in [-0.2, -0.15) is 0 Å². The molecular formula is C16H22N4S. The van der Waals surface area contributed by atoms with E-state index in [-0.39, 0.29) is 0 Å². The second kappa shape index (κ2) is 7.90. The Morgan fingerprint density at radius 1 is 1.29 bits per heavy atom. The second-order valence-electron chi connectivity index (χ2n) is 5.12. The number of rotatable bonds is 7. The first kappa shape index (κ1) is 15.7. The fourth-order valence-corrected chi connectivity index (χ4v) is 2.76. The maximum atomic E-state index is 4.67. The van der Waals surface area contributed by atoms with Gasteiger partial charge in [-0.15, -0.1) is 11.3 Å². The highest BCUT2D eigenvalue weighted by Gasteiger charge is 2.05. The summed E-state index contributed by atoms with van der Waals surface area (Å²) in [6.07, 6.45) is 2.83. The molecule has 0 aliphatic carbocycles. The maximum Gasteiger partial charge on any atom is 0.107 e. The molecule has 0 fully saturated rings. The van der Waals surface area contributed by atoms with Gasteiger partial charge in [0.25, 0.3) is 0 Å². The molecule has 0 spiro atoms. The van der Waals surface area contributed by atoms with Crippen LogP contribution >= 0.6 is 11.3 Å². The van der Waals surface area contributed by atoms with Crippen LogP contribution in [0, 0.1) is 0 Å². The number of anilines is 1. The molecule has 2 aromatic rings. The molecule has 0 radical (unpaired) electrons. The zero-order chi connectivity index (χ0) is 15.1. The van der Waals surface area contributed by atoms with E-state index in [1.165, 1.54) is 0 Å². The molecule has 1 aromatic carbocycles. The summed E-state index contributed by atoms with van der Waals surface area (Å²) >= 11 is 1.71. The zero-order valence-electron chi connectivity index (χ0n) is 12.8. The Balaban J connectivity index is 1.99. The van der Waals surface area contributed by atoms with Gasteiger partial charge in [0.1, 0.15) is 5.01 Å². The van der Waals surface area contributed by atoms with E-state index >= 15 is 0 Å². The van der Waals surface area contributed by atoms with E-state index in [4.69, 9.17) is 0 Å². The third kappa shape index (κ3) is 4.95. The summed E-state index contributed by atoms with van der Waals surface area (Å²) in [5.74, 6) is 0. The molecular weight excluding hydrogens is 280 g/mol. The molecule has 1 aromatic heterocycles. The normalized spacial score (nSPS) is 11.4. The SMILES string of the molecule is CCCN=CNc1ccc(-c2csc(CN(C)C)n2)cc1. The Hall–Kier alpha value is -1.72. The monoisotopic (exact) mass is 302 g/mol. The smallest absolute Gasteiger partial charge is 0.107 e. The molecule has 0 saturated carbocycles. The largest absolute Gasteiger partial charge is 0.347 e. The number of benzene rings is 1. The lowest BCUT2D eigenvalue weighted by Gasteiger charge is -2.05. The summed E-state index contributed by atoms with van der Waals surface area (Å²) in [6, 6.07) is 8.28. The quantitative estimate of drug-likeness (QED) is 0.626. The van der Waals surface area contributed by atoms with Crippen LogP contribution in [0.5, 0.6) is 0 Å². The van der Waals surface area contributed by atoms with Gasteiger partial charge >= 0.3 is 0 Å². The highest BCUT2D eigenvalue weighted by Crippen LogP contribution is 2.23. The highest BCUT2D eigenvalue weighted by molar-refractivity contribution is 7.09. The molecule has 1 heterocycles. The Morgan fingerprint density at radius 3 is 2.71 bits per heavy atom. The average molecular weight is 302 g/mol. The van der Waals surface area contributed by atoms with E-state index in [0.717, 1.165) is 41.5 Å². The lowest BCUT2D eigenvalue weighted by atomic mass is 10.1. The fourth-order valence-electron chi connectivity index (χ4n) is 1.84. The van der Waals surface area contributed by atoms with Gasteiger partial charge in [0.05, 0.1) is 12.0 Å². The van der Waals surface area contributed by atoms with Gasteiger partial charge in [-0.25, -0.2) is 4.98 Å². The molecule has 4 nitrogen and oxygen atoms in total. The van der Waals surface area contributed by atoms with Crippen LogP contribution in [0.3, 0.4) is 0 Å². The zero-order valence-corrected chi connectivity index (χ0v) is 13.7. The lowest BCUT2D eigenvalue weighted by Crippen LogP contribution is -2.10. The van der Waals surface area contributed by atoms with Crippen molar-refractivity contribution in [3.05, 3.63) is 34.7 Å². The van der Waals surface area contributed by atoms with E-state index in [9.17, 15) is 0 Å². The summed E-state index contributed by atoms with van der Waals surface area (Å²) in [6.45, 7) is 3.86. The average Bonchev–Trinajstić information content (AvgIpc) is 2.92. The highest BCUT2D eigenvalue weighted by atomic mass is 32.1. The second-order valence-corrected chi connectivity index (χ2v) is 6.06. The van der Waals surface area contributed by atoms with Crippen molar-refractivity contribution in [2.75, 3.05) is 26.0 Å². The molecule has 0 aliphatic heterocycles. The van der Waals surface area contributed by atoms with Gasteiger partial charge in [-0.1, -0.05) is 19.1 Å². The van der Waals surface area contributed by atoms with Crippen LogP contribution in [0.25, 0.3) is 11.3 Å². The maximum absolute atomic E-state index is 4.67. The van der Waals surface area contributed by atoms with E-state index in [1.54, 1.807) is 17.7 Å². The first-order valence-corrected chi connectivity index (χ1v) is 8.01. The number of aromatic nitrogens is 1. The predicted octanol–water partition coefficient (Wildman–Crippen LogP) is 3.72. The van der Waals surface area contributed by atoms with Gasteiger partial charge in [0, 0.05) is 29.7 Å². The van der Waals surface area contributed by atoms with Gasteiger partial charge in [0.15, 0.2) is 0 Å². The molecule has 0 atom stereocenters. The third-order valence-corrected chi connectivity index (χ3v) is 3.69. The van der Waals surface area contributed by atoms with Crippen LogP contribution in [-0.2, 0) is 6.54 Å². The summed E-state index contributed by atoms with van der Waals surface area (Å²) in [4.78, 5) is 11.0. The molecule has 1 N–H and O–H groups in total. The van der Waals surface area contributed by atoms with Crippen LogP contribution in [0.2, 0.25) is 0 Å². The van der Waals surface area contributed by atoms with Gasteiger partial charge in [-0.05, 0) is 32.6 Å². The van der Waals surface area contributed by atoms with Crippen molar-refractivity contribution in [3.63, 3.8) is 0 Å². The molecule has 112 valence electrons. The van der Waals surface area contributed by atoms with Gasteiger partial charge in [0.2, 0.25) is 0 Å². The van der Waals surface area contributed by atoms with Gasteiger partial charge in [-0.3, -0.25) is 4.99 Å². The van der Waals surface area contributed by atoms with Gasteiger partial charge < -0.3 is 10.2 Å². The number of hydrogen-bond donors (Lipinski definition) is 1. The van der Waals surface area contributed by atoms with Crippen molar-refractivity contribution in [3.8, 4) is 11.3 Å². The van der Waals surface area contributed by atoms with Crippen LogP contribution < -0.4 is 5.32 Å². The van der Waals surface area contributed by atoms with Crippen LogP contribution in [0.1, 0.15) is 18.4 Å². The summed E-state index contributed by atoms with van der Waals surface area (Å²) in [5, 5.41) is 6.43. The third-order valence-electron chi connectivity index (χ3n) is 2.86. The van der Waals surface area contributed by atoms with Crippen LogP contribution in [-0.4, -0.2) is 36.9 Å². The number of nitrogens with one attached hydrogen (secondary N) is 1. The van der Waals surface area contributed by atoms with E-state index in [2.05, 4.69) is 70.9 Å². The molecule has 0 aliphatic rings. The standard InChI is InChI=1S/C16H22N4S/c1-4-9-17-12-18-14-7-5-13(6-8-14)15-11-21-16(19-15)10-20(2)3/h5-8,11-12H,4,9-10H2,1-3H3,(H,17,18). The predicted molar refractivity (Wildman–Crippen MR) is 92.2 cm³/mol. The molecule has 0 saturated heterocycles. The molecule has 21 heavy (non-hydrogen) atoms. The first-order valence-electron chi connectivity index (χ1n) is 7.13. The van der Waals surface area contributed by atoms with Crippen LogP contribution in [0.15, 0.2) is 34.6 Å². The lowest BCUT2D eigenvalue weighted by molar-refractivity contribution is 0.402. The summed E-state index contributed by atoms with van der Waals surface area (Å²) < 4.78 is 0. The Morgan fingerprint density at radius 2 is 2.05 bits per heavy atom. The van der Waals surface area contributed by atoms with Crippen molar-refractivity contribution in [2.45, 2.75) is 19.9 Å². The van der Waals surface area contributed by atoms with Crippen molar-refractivity contribution >= 4 is 23.4 Å². The van der Waals surface area contributed by atoms with Crippen LogP contribution in [0.4, 0.5) is 5.69 Å². The number of nitrogens with zero attached hydrogens (tertiary/aromatic N) is 3. The Labute approximate surface area is 130 Å². The molecule has 2 rings (SSSR count). The molecule has 0 bridgehead atoms. The summed E-state index contributed by atoms with van der Waals surface area (Å²) in [5.41, 5.74) is 3.23. The minimum absolute atomic E-state index is 0.860.